The van der Waals surface area contributed by atoms with E-state index >= 15 is 0 Å². The molecule has 144 valence electrons. The Morgan fingerprint density at radius 3 is 2.11 bits per heavy atom. The minimum absolute atomic E-state index is 0.183. The van der Waals surface area contributed by atoms with Gasteiger partial charge in [-0.15, -0.1) is 0 Å². The van der Waals surface area contributed by atoms with E-state index in [0.717, 1.165) is 12.1 Å². The van der Waals surface area contributed by atoms with Gasteiger partial charge in [-0.05, 0) is 41.8 Å². The van der Waals surface area contributed by atoms with Crippen molar-refractivity contribution in [3.05, 3.63) is 71.0 Å². The Kier molecular flexibility index (Phi) is 6.55. The summed E-state index contributed by atoms with van der Waals surface area (Å²) in [5.74, 6) is -3.28. The van der Waals surface area contributed by atoms with Crippen LogP contribution in [0.5, 0.6) is 0 Å². The van der Waals surface area contributed by atoms with Crippen LogP contribution in [0.1, 0.15) is 33.8 Å². The molecule has 0 saturated heterocycles. The molecule has 1 amide bonds. The van der Waals surface area contributed by atoms with Gasteiger partial charge in [0.1, 0.15) is 5.82 Å². The maximum Gasteiger partial charge on any atom is 0.389 e. The maximum absolute atomic E-state index is 13.0. The topological polar surface area (TPSA) is 66.4 Å². The van der Waals surface area contributed by atoms with Gasteiger partial charge in [0, 0.05) is 18.5 Å². The highest BCUT2D eigenvalue weighted by atomic mass is 19.4. The van der Waals surface area contributed by atoms with Gasteiger partial charge < -0.3 is 10.4 Å². The molecule has 2 aromatic rings. The summed E-state index contributed by atoms with van der Waals surface area (Å²) >= 11 is 0. The Labute approximate surface area is 152 Å². The van der Waals surface area contributed by atoms with Crippen molar-refractivity contribution in [3.63, 3.8) is 0 Å². The second kappa shape index (κ2) is 8.66. The summed E-state index contributed by atoms with van der Waals surface area (Å²) in [5, 5.41) is 11.8. The quantitative estimate of drug-likeness (QED) is 0.713. The second-order valence-electron chi connectivity index (χ2n) is 5.96. The van der Waals surface area contributed by atoms with Crippen LogP contribution in [0.2, 0.25) is 0 Å². The van der Waals surface area contributed by atoms with Crippen molar-refractivity contribution in [2.24, 2.45) is 0 Å². The predicted octanol–water partition coefficient (Wildman–Crippen LogP) is 3.92. The highest BCUT2D eigenvalue weighted by Crippen LogP contribution is 2.22. The van der Waals surface area contributed by atoms with Crippen molar-refractivity contribution in [2.75, 3.05) is 6.54 Å². The molecule has 8 heteroatoms. The monoisotopic (exact) mass is 383 g/mol. The molecule has 2 aromatic carbocycles. The third kappa shape index (κ3) is 6.40. The molecule has 0 saturated carbocycles. The first-order valence-corrected chi connectivity index (χ1v) is 8.08. The number of carbonyl (C=O) groups is 2. The molecular weight excluding hydrogens is 366 g/mol. The zero-order valence-electron chi connectivity index (χ0n) is 14.1. The number of carboxylic acids is 1. The summed E-state index contributed by atoms with van der Waals surface area (Å²) < 4.78 is 49.6. The van der Waals surface area contributed by atoms with Gasteiger partial charge in [0.15, 0.2) is 0 Å². The number of hydrogen-bond acceptors (Lipinski definition) is 2. The molecule has 27 heavy (non-hydrogen) atoms. The van der Waals surface area contributed by atoms with Crippen LogP contribution in [0.3, 0.4) is 0 Å². The number of halogens is 4. The van der Waals surface area contributed by atoms with Gasteiger partial charge in [-0.2, -0.15) is 13.2 Å². The van der Waals surface area contributed by atoms with E-state index in [0.29, 0.717) is 11.1 Å². The number of benzene rings is 2. The van der Waals surface area contributed by atoms with Gasteiger partial charge in [0.2, 0.25) is 0 Å². The van der Waals surface area contributed by atoms with Crippen LogP contribution in [-0.4, -0.2) is 29.7 Å². The minimum atomic E-state index is -4.25. The van der Waals surface area contributed by atoms with Gasteiger partial charge in [0.05, 0.1) is 5.92 Å². The van der Waals surface area contributed by atoms with Crippen LogP contribution in [0.25, 0.3) is 0 Å². The van der Waals surface area contributed by atoms with E-state index in [1.807, 2.05) is 0 Å². The standard InChI is InChI=1S/C19H17F4NO3/c20-15-7-5-13(6-8-15)16(18(26)27)11-24-17(25)14-3-1-12(2-4-14)9-10-19(21,22)23/h1-8,16H,9-11H2,(H,24,25)(H,26,27). The van der Waals surface area contributed by atoms with Crippen LogP contribution in [0.4, 0.5) is 17.6 Å². The Morgan fingerprint density at radius 2 is 1.59 bits per heavy atom. The molecule has 0 aromatic heterocycles. The van der Waals surface area contributed by atoms with Crippen molar-refractivity contribution in [2.45, 2.75) is 24.9 Å². The Hall–Kier alpha value is -2.90. The number of aryl methyl sites for hydroxylation is 1. The smallest absolute Gasteiger partial charge is 0.389 e. The number of amides is 1. The Bertz CT molecular complexity index is 786. The van der Waals surface area contributed by atoms with Gasteiger partial charge in [-0.1, -0.05) is 24.3 Å². The highest BCUT2D eigenvalue weighted by Gasteiger charge is 2.26. The average Bonchev–Trinajstić information content (AvgIpc) is 2.61. The van der Waals surface area contributed by atoms with E-state index in [9.17, 15) is 32.3 Å². The molecule has 1 atom stereocenters. The SMILES string of the molecule is O=C(NCC(C(=O)O)c1ccc(F)cc1)c1ccc(CCC(F)(F)F)cc1. The predicted molar refractivity (Wildman–Crippen MR) is 89.9 cm³/mol. The van der Waals surface area contributed by atoms with Crippen molar-refractivity contribution < 1.29 is 32.3 Å². The van der Waals surface area contributed by atoms with Gasteiger partial charge in [0.25, 0.3) is 5.91 Å². The number of aliphatic carboxylic acids is 1. The summed E-state index contributed by atoms with van der Waals surface area (Å²) in [6.07, 6.45) is -5.38. The van der Waals surface area contributed by atoms with Crippen molar-refractivity contribution in [3.8, 4) is 0 Å². The normalized spacial score (nSPS) is 12.4. The zero-order chi connectivity index (χ0) is 20.0. The molecule has 0 bridgehead atoms. The number of hydrogen-bond donors (Lipinski definition) is 2. The summed E-state index contributed by atoms with van der Waals surface area (Å²) in [5.41, 5.74) is 0.985. The summed E-state index contributed by atoms with van der Waals surface area (Å²) in [6.45, 7) is -0.213. The van der Waals surface area contributed by atoms with Gasteiger partial charge in [-0.3, -0.25) is 9.59 Å². The highest BCUT2D eigenvalue weighted by molar-refractivity contribution is 5.94. The molecular formula is C19H17F4NO3. The first kappa shape index (κ1) is 20.4. The van der Waals surface area contributed by atoms with Gasteiger partial charge in [-0.25, -0.2) is 4.39 Å². The molecule has 0 spiro atoms. The molecule has 0 fully saturated rings. The lowest BCUT2D eigenvalue weighted by atomic mass is 9.99. The second-order valence-corrected chi connectivity index (χ2v) is 5.96. The molecule has 0 aliphatic heterocycles. The van der Waals surface area contributed by atoms with E-state index in [1.165, 1.54) is 36.4 Å². The number of nitrogens with one attached hydrogen (secondary N) is 1. The van der Waals surface area contributed by atoms with Crippen molar-refractivity contribution in [1.29, 1.82) is 0 Å². The fraction of sp³-hybridized carbons (Fsp3) is 0.263. The number of rotatable bonds is 7. The van der Waals surface area contributed by atoms with E-state index in [2.05, 4.69) is 5.32 Å². The molecule has 4 nitrogen and oxygen atoms in total. The van der Waals surface area contributed by atoms with E-state index in [1.54, 1.807) is 0 Å². The number of alkyl halides is 3. The lowest BCUT2D eigenvalue weighted by molar-refractivity contribution is -0.138. The largest absolute Gasteiger partial charge is 0.481 e. The molecule has 0 radical (unpaired) electrons. The molecule has 0 heterocycles. The fourth-order valence-corrected chi connectivity index (χ4v) is 2.45. The van der Waals surface area contributed by atoms with Crippen LogP contribution in [-0.2, 0) is 11.2 Å². The van der Waals surface area contributed by atoms with Crippen LogP contribution in [0, 0.1) is 5.82 Å². The van der Waals surface area contributed by atoms with E-state index in [-0.39, 0.29) is 18.5 Å². The van der Waals surface area contributed by atoms with Crippen molar-refractivity contribution >= 4 is 11.9 Å². The molecule has 2 rings (SSSR count). The molecule has 1 unspecified atom stereocenters. The third-order valence-corrected chi connectivity index (χ3v) is 3.95. The van der Waals surface area contributed by atoms with Crippen LogP contribution >= 0.6 is 0 Å². The van der Waals surface area contributed by atoms with Crippen molar-refractivity contribution in [1.82, 2.24) is 5.32 Å². The molecule has 0 aliphatic carbocycles. The summed E-state index contributed by atoms with van der Waals surface area (Å²) in [4.78, 5) is 23.5. The summed E-state index contributed by atoms with van der Waals surface area (Å²) in [6, 6.07) is 10.5. The lowest BCUT2D eigenvalue weighted by Gasteiger charge is -2.14. The number of carboxylic acid groups (broad SMARTS) is 1. The van der Waals surface area contributed by atoms with E-state index in [4.69, 9.17) is 0 Å². The molecule has 0 aliphatic rings. The minimum Gasteiger partial charge on any atom is -0.481 e. The number of carbonyl (C=O) groups excluding carboxylic acids is 1. The first-order valence-electron chi connectivity index (χ1n) is 8.08. The summed E-state index contributed by atoms with van der Waals surface area (Å²) in [7, 11) is 0. The van der Waals surface area contributed by atoms with Crippen LogP contribution < -0.4 is 5.32 Å². The first-order chi connectivity index (χ1) is 12.7. The molecule has 2 N–H and O–H groups in total. The Morgan fingerprint density at radius 1 is 1.00 bits per heavy atom. The third-order valence-electron chi connectivity index (χ3n) is 3.95. The van der Waals surface area contributed by atoms with Crippen LogP contribution in [0.15, 0.2) is 48.5 Å². The zero-order valence-corrected chi connectivity index (χ0v) is 14.1. The Balaban J connectivity index is 1.97. The maximum atomic E-state index is 13.0. The fourth-order valence-electron chi connectivity index (χ4n) is 2.45. The van der Waals surface area contributed by atoms with E-state index < -0.39 is 36.2 Å². The average molecular weight is 383 g/mol. The lowest BCUT2D eigenvalue weighted by Crippen LogP contribution is -2.31. The van der Waals surface area contributed by atoms with Gasteiger partial charge >= 0.3 is 12.1 Å².